The first kappa shape index (κ1) is 27.0. The number of carboxylic acid groups (broad SMARTS) is 1. The van der Waals surface area contributed by atoms with Gasteiger partial charge in [0, 0.05) is 29.8 Å². The van der Waals surface area contributed by atoms with Gasteiger partial charge in [0.05, 0.1) is 26.1 Å². The van der Waals surface area contributed by atoms with Crippen LogP contribution in [0.25, 0.3) is 21.9 Å². The van der Waals surface area contributed by atoms with Gasteiger partial charge in [-0.15, -0.1) is 0 Å². The number of fused-ring (bicyclic) bond motifs is 1. The first-order valence-electron chi connectivity index (χ1n) is 13.5. The third-order valence-corrected chi connectivity index (χ3v) is 8.03. The Labute approximate surface area is 242 Å². The molecule has 0 amide bonds. The molecule has 1 saturated carbocycles. The van der Waals surface area contributed by atoms with E-state index in [-0.39, 0.29) is 0 Å². The number of carbonyl (C=O) groups excluding carboxylic acids is 1. The third-order valence-electron chi connectivity index (χ3n) is 8.03. The van der Waals surface area contributed by atoms with E-state index in [1.165, 1.54) is 20.5 Å². The van der Waals surface area contributed by atoms with Gasteiger partial charge in [0.2, 0.25) is 0 Å². The van der Waals surface area contributed by atoms with Crippen LogP contribution in [0.15, 0.2) is 104 Å². The third kappa shape index (κ3) is 4.81. The molecule has 1 N–H and O–H groups in total. The van der Waals surface area contributed by atoms with E-state index in [0.717, 1.165) is 21.9 Å². The lowest BCUT2D eigenvalue weighted by Crippen LogP contribution is -2.52. The van der Waals surface area contributed by atoms with Gasteiger partial charge in [-0.2, -0.15) is 0 Å². The Bertz CT molecular complexity index is 1720. The van der Waals surface area contributed by atoms with E-state index in [4.69, 9.17) is 14.2 Å². The Balaban J connectivity index is 1.37. The second-order valence-corrected chi connectivity index (χ2v) is 10.2. The smallest absolute Gasteiger partial charge is 0.315 e. The molecular weight excluding hydrogens is 532 g/mol. The van der Waals surface area contributed by atoms with Crippen LogP contribution in [0.1, 0.15) is 23.0 Å². The number of ether oxygens (including phenoxy) is 3. The molecule has 1 fully saturated rings. The molecule has 4 atom stereocenters. The first-order chi connectivity index (χ1) is 20.5. The molecule has 1 aromatic heterocycles. The van der Waals surface area contributed by atoms with Gasteiger partial charge in [-0.3, -0.25) is 9.59 Å². The molecule has 0 saturated heterocycles. The Kier molecular flexibility index (Phi) is 7.27. The minimum Gasteiger partial charge on any atom is -0.496 e. The monoisotopic (exact) mass is 560 g/mol. The van der Waals surface area contributed by atoms with Crippen LogP contribution in [-0.2, 0) is 9.59 Å². The molecule has 4 aromatic carbocycles. The fourth-order valence-corrected chi connectivity index (χ4v) is 6.11. The van der Waals surface area contributed by atoms with Crippen LogP contribution in [-0.4, -0.2) is 41.2 Å². The van der Waals surface area contributed by atoms with E-state index in [9.17, 15) is 14.7 Å². The predicted octanol–water partition coefficient (Wildman–Crippen LogP) is 6.12. The zero-order chi connectivity index (χ0) is 29.2. The van der Waals surface area contributed by atoms with E-state index >= 15 is 0 Å². The topological polar surface area (TPSA) is 108 Å². The molecule has 2 unspecified atom stereocenters. The molecule has 0 aliphatic heterocycles. The van der Waals surface area contributed by atoms with Crippen molar-refractivity contribution in [3.05, 3.63) is 115 Å². The minimum atomic E-state index is -1.00. The highest BCUT2D eigenvalue weighted by atomic mass is 16.5. The summed E-state index contributed by atoms with van der Waals surface area (Å²) in [6.07, 6.45) is 5.00. The van der Waals surface area contributed by atoms with Crippen molar-refractivity contribution in [1.29, 1.82) is 0 Å². The van der Waals surface area contributed by atoms with Crippen molar-refractivity contribution < 1.29 is 28.9 Å². The Hall–Kier alpha value is -5.24. The van der Waals surface area contributed by atoms with E-state index in [2.05, 4.69) is 9.97 Å². The summed E-state index contributed by atoms with van der Waals surface area (Å²) >= 11 is 0. The maximum atomic E-state index is 14.0. The van der Waals surface area contributed by atoms with Gasteiger partial charge in [0.1, 0.15) is 23.6 Å². The second-order valence-electron chi connectivity index (χ2n) is 10.2. The minimum absolute atomic E-state index is 0.375. The van der Waals surface area contributed by atoms with Crippen molar-refractivity contribution in [2.75, 3.05) is 14.2 Å². The van der Waals surface area contributed by atoms with Crippen LogP contribution in [0.2, 0.25) is 0 Å². The molecule has 6 rings (SSSR count). The SMILES string of the molecule is COc1ccccc1C1C(C(=O)Oc2ccc3cc(-c4cncnc4)ccc3c2)[C@H](c2ccccc2OC)[C@H]1C(=O)O. The van der Waals surface area contributed by atoms with Crippen LogP contribution >= 0.6 is 0 Å². The average molecular weight is 561 g/mol. The quantitative estimate of drug-likeness (QED) is 0.179. The largest absolute Gasteiger partial charge is 0.496 e. The fourth-order valence-electron chi connectivity index (χ4n) is 6.11. The molecule has 1 aliphatic rings. The molecule has 8 nitrogen and oxygen atoms in total. The molecule has 210 valence electrons. The summed E-state index contributed by atoms with van der Waals surface area (Å²) in [6.45, 7) is 0. The normalized spacial score (nSPS) is 19.5. The van der Waals surface area contributed by atoms with Gasteiger partial charge < -0.3 is 19.3 Å². The standard InChI is InChI=1S/C34H28N2O6/c1-40-27-9-5-3-7-25(27)29-31(33(37)38)30(26-8-4-6-10-28(26)41-2)32(29)34(39)42-24-14-13-20-15-21(11-12-22(20)16-24)23-17-35-19-36-18-23/h3-19,29-32H,1-2H3,(H,37,38)/t29-,30?,31-,32?/m1/s1. The summed E-state index contributed by atoms with van der Waals surface area (Å²) in [5.41, 5.74) is 3.17. The van der Waals surface area contributed by atoms with Crippen LogP contribution < -0.4 is 14.2 Å². The van der Waals surface area contributed by atoms with Gasteiger partial charge in [-0.1, -0.05) is 54.6 Å². The number of aromatic nitrogens is 2. The van der Waals surface area contributed by atoms with Crippen LogP contribution in [0, 0.1) is 11.8 Å². The van der Waals surface area contributed by atoms with E-state index < -0.39 is 35.6 Å². The maximum absolute atomic E-state index is 14.0. The maximum Gasteiger partial charge on any atom is 0.315 e. The van der Waals surface area contributed by atoms with Crippen LogP contribution in [0.5, 0.6) is 17.2 Å². The molecule has 0 radical (unpaired) electrons. The van der Waals surface area contributed by atoms with Crippen molar-refractivity contribution >= 4 is 22.7 Å². The van der Waals surface area contributed by atoms with E-state index in [1.54, 1.807) is 30.6 Å². The van der Waals surface area contributed by atoms with Crippen LogP contribution in [0.3, 0.4) is 0 Å². The number of nitrogens with zero attached hydrogens (tertiary/aromatic N) is 2. The highest BCUT2D eigenvalue weighted by Gasteiger charge is 2.60. The number of hydrogen-bond acceptors (Lipinski definition) is 7. The Morgan fingerprint density at radius 3 is 1.86 bits per heavy atom. The second kappa shape index (κ2) is 11.3. The number of carbonyl (C=O) groups is 2. The molecule has 8 heteroatoms. The van der Waals surface area contributed by atoms with Gasteiger partial charge in [0.15, 0.2) is 0 Å². The number of methoxy groups -OCH3 is 2. The predicted molar refractivity (Wildman–Crippen MR) is 157 cm³/mol. The van der Waals surface area contributed by atoms with Crippen molar-refractivity contribution in [1.82, 2.24) is 9.97 Å². The van der Waals surface area contributed by atoms with Gasteiger partial charge in [-0.25, -0.2) is 9.97 Å². The average Bonchev–Trinajstić information content (AvgIpc) is 3.01. The molecule has 1 heterocycles. The molecule has 5 aromatic rings. The van der Waals surface area contributed by atoms with E-state index in [0.29, 0.717) is 28.4 Å². The van der Waals surface area contributed by atoms with Crippen molar-refractivity contribution in [2.24, 2.45) is 11.8 Å². The van der Waals surface area contributed by atoms with Gasteiger partial charge in [-0.05, 0) is 57.8 Å². The highest BCUT2D eigenvalue weighted by Crippen LogP contribution is 2.60. The molecule has 1 aliphatic carbocycles. The molecule has 0 bridgehead atoms. The molecular formula is C34H28N2O6. The number of rotatable bonds is 8. The summed E-state index contributed by atoms with van der Waals surface area (Å²) in [6, 6.07) is 25.8. The van der Waals surface area contributed by atoms with Crippen molar-refractivity contribution in [3.8, 4) is 28.4 Å². The number of esters is 1. The zero-order valence-electron chi connectivity index (χ0n) is 23.0. The number of benzene rings is 4. The Morgan fingerprint density at radius 2 is 1.26 bits per heavy atom. The zero-order valence-corrected chi connectivity index (χ0v) is 23.0. The lowest BCUT2D eigenvalue weighted by molar-refractivity contribution is -0.158. The summed E-state index contributed by atoms with van der Waals surface area (Å²) < 4.78 is 17.1. The number of hydrogen-bond donors (Lipinski definition) is 1. The fraction of sp³-hybridized carbons (Fsp3) is 0.176. The number of aliphatic carboxylic acids is 1. The Morgan fingerprint density at radius 1 is 0.690 bits per heavy atom. The van der Waals surface area contributed by atoms with Crippen molar-refractivity contribution in [2.45, 2.75) is 11.8 Å². The molecule has 42 heavy (non-hydrogen) atoms. The summed E-state index contributed by atoms with van der Waals surface area (Å²) in [4.78, 5) is 34.9. The van der Waals surface area contributed by atoms with Crippen LogP contribution in [0.4, 0.5) is 0 Å². The number of para-hydroxylation sites is 2. The summed E-state index contributed by atoms with van der Waals surface area (Å²) in [5, 5.41) is 12.2. The first-order valence-corrected chi connectivity index (χ1v) is 13.5. The molecule has 0 spiro atoms. The van der Waals surface area contributed by atoms with E-state index in [1.807, 2.05) is 66.7 Å². The highest BCUT2D eigenvalue weighted by molar-refractivity contribution is 5.90. The lowest BCUT2D eigenvalue weighted by atomic mass is 9.52. The lowest BCUT2D eigenvalue weighted by Gasteiger charge is -2.49. The summed E-state index contributed by atoms with van der Waals surface area (Å²) in [5.74, 6) is -3.13. The van der Waals surface area contributed by atoms with Crippen molar-refractivity contribution in [3.63, 3.8) is 0 Å². The number of carboxylic acids is 1. The van der Waals surface area contributed by atoms with Gasteiger partial charge >= 0.3 is 11.9 Å². The summed E-state index contributed by atoms with van der Waals surface area (Å²) in [7, 11) is 3.06. The van der Waals surface area contributed by atoms with Gasteiger partial charge in [0.25, 0.3) is 0 Å².